The smallest absolute Gasteiger partial charge is 0.225 e. The Bertz CT molecular complexity index is 2790. The van der Waals surface area contributed by atoms with E-state index in [9.17, 15) is 43.2 Å². The molecule has 5 saturated carbocycles. The van der Waals surface area contributed by atoms with Gasteiger partial charge in [-0.15, -0.1) is 0 Å². The van der Waals surface area contributed by atoms with Crippen LogP contribution >= 0.6 is 0 Å². The van der Waals surface area contributed by atoms with Crippen molar-refractivity contribution in [3.63, 3.8) is 0 Å². The van der Waals surface area contributed by atoms with Gasteiger partial charge in [-0.25, -0.2) is 0 Å². The van der Waals surface area contributed by atoms with E-state index in [2.05, 4.69) is 270 Å². The Kier molecular flexibility index (Phi) is 42.0. The van der Waals surface area contributed by atoms with E-state index in [4.69, 9.17) is 0 Å². The summed E-state index contributed by atoms with van der Waals surface area (Å²) >= 11 is 0. The van der Waals surface area contributed by atoms with Crippen molar-refractivity contribution in [1.29, 1.82) is 0 Å². The molecule has 1 unspecified atom stereocenters. The number of amides is 3. The molecule has 9 rings (SSSR count). The van der Waals surface area contributed by atoms with Crippen LogP contribution in [0.2, 0.25) is 0 Å². The van der Waals surface area contributed by atoms with Gasteiger partial charge in [-0.3, -0.25) is 43.2 Å². The summed E-state index contributed by atoms with van der Waals surface area (Å²) in [6.07, 6.45) is 20.8. The van der Waals surface area contributed by atoms with Crippen LogP contribution in [0.3, 0.4) is 0 Å². The van der Waals surface area contributed by atoms with E-state index in [1.165, 1.54) is 6.42 Å². The highest BCUT2D eigenvalue weighted by atomic mass is 16.2. The van der Waals surface area contributed by atoms with Gasteiger partial charge in [0.2, 0.25) is 17.7 Å². The van der Waals surface area contributed by atoms with Gasteiger partial charge in [0.1, 0.15) is 28.9 Å². The number of ketones is 6. The molecule has 4 heterocycles. The van der Waals surface area contributed by atoms with E-state index in [0.29, 0.717) is 184 Å². The highest BCUT2D eigenvalue weighted by molar-refractivity contribution is 5.90. The lowest BCUT2D eigenvalue weighted by molar-refractivity contribution is -0.131. The fourth-order valence-electron chi connectivity index (χ4n) is 22.0. The topological polar surface area (TPSA) is 202 Å². The molecule has 4 saturated heterocycles. The molecule has 644 valence electrons. The quantitative estimate of drug-likeness (QED) is 0.102. The minimum atomic E-state index is -0.236. The molecule has 0 aromatic carbocycles. The van der Waals surface area contributed by atoms with E-state index < -0.39 is 0 Å². The summed E-state index contributed by atoms with van der Waals surface area (Å²) in [7, 11) is 0. The van der Waals surface area contributed by atoms with E-state index >= 15 is 0 Å². The minimum absolute atomic E-state index is 0.0139. The van der Waals surface area contributed by atoms with Gasteiger partial charge in [-0.2, -0.15) is 0 Å². The van der Waals surface area contributed by atoms with Gasteiger partial charge in [-0.05, 0) is 193 Å². The lowest BCUT2D eigenvalue weighted by Crippen LogP contribution is -2.58. The Balaban J connectivity index is 0.000000625. The molecule has 9 fully saturated rings. The second-order valence-electron chi connectivity index (χ2n) is 41.8. The van der Waals surface area contributed by atoms with E-state index in [0.717, 1.165) is 127 Å². The van der Waals surface area contributed by atoms with Gasteiger partial charge in [0.25, 0.3) is 0 Å². The maximum absolute atomic E-state index is 11.8. The Morgan fingerprint density at radius 3 is 0.829 bits per heavy atom. The summed E-state index contributed by atoms with van der Waals surface area (Å²) in [5.41, 5.74) is 3.01. The Hall–Kier alpha value is -4.13. The largest absolute Gasteiger partial charge is 0.350 e. The second-order valence-corrected chi connectivity index (χ2v) is 41.8. The van der Waals surface area contributed by atoms with E-state index in [1.54, 1.807) is 0 Å². The number of piperidine rings is 1. The third-order valence-corrected chi connectivity index (χ3v) is 31.3. The van der Waals surface area contributed by atoms with Crippen LogP contribution in [0.25, 0.3) is 0 Å². The highest BCUT2D eigenvalue weighted by Crippen LogP contribution is 2.53. The lowest BCUT2D eigenvalue weighted by Gasteiger charge is -2.45. The van der Waals surface area contributed by atoms with Crippen LogP contribution in [-0.2, 0) is 43.2 Å². The van der Waals surface area contributed by atoms with Gasteiger partial charge < -0.3 is 21.3 Å². The summed E-state index contributed by atoms with van der Waals surface area (Å²) in [6.45, 7) is 85.8. The van der Waals surface area contributed by atoms with Crippen LogP contribution in [0.4, 0.5) is 0 Å². The third kappa shape index (κ3) is 25.9. The third-order valence-electron chi connectivity index (χ3n) is 31.3. The molecule has 0 aromatic heterocycles. The average molecular weight is 1560 g/mol. The maximum Gasteiger partial charge on any atom is 0.225 e. The second kappa shape index (κ2) is 44.4. The molecular weight excluding hydrogens is 1380 g/mol. The summed E-state index contributed by atoms with van der Waals surface area (Å²) in [4.78, 5) is 103. The number of nitrogens with one attached hydrogen (secondary N) is 4. The summed E-state index contributed by atoms with van der Waals surface area (Å²) in [6, 6.07) is 0. The van der Waals surface area contributed by atoms with E-state index in [-0.39, 0.29) is 50.6 Å². The number of rotatable bonds is 17. The van der Waals surface area contributed by atoms with Crippen molar-refractivity contribution in [2.24, 2.45) is 133 Å². The molecule has 3 amide bonds. The number of carbonyl (C=O) groups excluding carboxylic acids is 9. The molecule has 5 aliphatic carbocycles. The first-order valence-corrected chi connectivity index (χ1v) is 45.0. The molecule has 13 nitrogen and oxygen atoms in total. The van der Waals surface area contributed by atoms with Crippen LogP contribution < -0.4 is 21.3 Å². The normalized spacial score (nSPS) is 23.3. The number of hydrogen-bond acceptors (Lipinski definition) is 10. The first-order chi connectivity index (χ1) is 50.8. The molecular formula is C98H178N4O9. The highest BCUT2D eigenvalue weighted by Gasteiger charge is 2.51. The molecule has 0 spiro atoms. The zero-order valence-corrected chi connectivity index (χ0v) is 78.9. The molecule has 13 heteroatoms. The van der Waals surface area contributed by atoms with Crippen molar-refractivity contribution in [3.8, 4) is 0 Å². The molecule has 111 heavy (non-hydrogen) atoms. The zero-order chi connectivity index (χ0) is 86.5. The fraction of sp³-hybridized carbons (Fsp3) is 0.867. The van der Waals surface area contributed by atoms with Crippen molar-refractivity contribution < 1.29 is 43.2 Å². The van der Waals surface area contributed by atoms with Crippen LogP contribution in [0, 0.1) is 133 Å². The monoisotopic (exact) mass is 1560 g/mol. The molecule has 9 aliphatic rings. The van der Waals surface area contributed by atoms with Crippen molar-refractivity contribution in [2.75, 3.05) is 6.54 Å². The number of hydrogen-bond donors (Lipinski definition) is 4. The Morgan fingerprint density at radius 2 is 0.622 bits per heavy atom. The van der Waals surface area contributed by atoms with Crippen LogP contribution in [-0.4, -0.2) is 75.6 Å². The number of carbonyl (C=O) groups is 9. The standard InChI is InChI=1S/C13H22O.C12H22O.C11H19NO.C11H21NO.3C11H20O.C10H19NO.C8H15NO/c1-9(2)13(10(3)4)7-11(5)6-12(14)8-13;1-9(2)12(10(3)4)7-5-6-11(13)8-12;1-7(2)11(8(3)4)6-10(13)12-9(11)5;1-8(2)11(9(3)4)7-5-6-10(13)12-11;2*1-8(2)11(9(3)4)6-5-10(12)7-11;1-8(2)11(9(3)4)7-5-6-10(11)12;1-7(2)10(8(3)4)6-5-9(12)11-10;1-6(2)8(3)7(10)4-5-9-8/h9-10H,5-8H2,1-4H3;9-10H,5-8H2,1-4H3;7-8H,5-6H2,1-4H3,(H,12,13);8-9H,5-7H2,1-4H3,(H,12,13);3*8-9H,5-7H2,1-4H3;7-8H,5-6H2,1-4H3,(H,11,12);6,9H,4-5H2,1-3H3. The van der Waals surface area contributed by atoms with Crippen molar-refractivity contribution in [1.82, 2.24) is 21.3 Å². The lowest BCUT2D eigenvalue weighted by atomic mass is 9.60. The predicted molar refractivity (Wildman–Crippen MR) is 468 cm³/mol. The van der Waals surface area contributed by atoms with Crippen LogP contribution in [0.15, 0.2) is 24.4 Å². The summed E-state index contributed by atoms with van der Waals surface area (Å²) in [5.74, 6) is 12.6. The van der Waals surface area contributed by atoms with Crippen molar-refractivity contribution >= 4 is 52.4 Å². The first kappa shape index (κ1) is 105. The number of Topliss-reactive ketones (excluding diaryl/α,β-unsaturated/α-hetero) is 6. The predicted octanol–water partition coefficient (Wildman–Crippen LogP) is 23.7. The van der Waals surface area contributed by atoms with Gasteiger partial charge in [0.15, 0.2) is 5.78 Å². The van der Waals surface area contributed by atoms with Gasteiger partial charge in [-0.1, -0.05) is 254 Å². The SMILES string of the molecule is C=C1CC(=O)CC(C(C)C)(C(C)C)C1.C=C1NC(=O)CC1(C(C)C)C(C)C.CC(C)C1(C(C)C)CCC(=O)C1.CC(C)C1(C(C)C)CCC(=O)C1.CC(C)C1(C(C)C)CCC(=O)N1.CC(C)C1(C(C)C)CCCC(=O)C1.CC(C)C1(C(C)C)CCCC(=O)N1.CC(C)C1(C(C)C)CCCC1=O.CC(C)C1(C)NCCC1=O. The van der Waals surface area contributed by atoms with Crippen LogP contribution in [0.5, 0.6) is 0 Å². The first-order valence-electron chi connectivity index (χ1n) is 45.0. The van der Waals surface area contributed by atoms with E-state index in [1.807, 2.05) is 6.92 Å². The van der Waals surface area contributed by atoms with Gasteiger partial charge in [0.05, 0.1) is 5.54 Å². The molecule has 0 aromatic rings. The van der Waals surface area contributed by atoms with Gasteiger partial charge >= 0.3 is 0 Å². The molecule has 4 aliphatic heterocycles. The molecule has 0 radical (unpaired) electrons. The Labute approximate surface area is 683 Å². The summed E-state index contributed by atoms with van der Waals surface area (Å²) in [5, 5.41) is 12.4. The molecule has 1 atom stereocenters. The van der Waals surface area contributed by atoms with Crippen molar-refractivity contribution in [2.45, 2.75) is 407 Å². The molecule has 4 N–H and O–H groups in total. The molecule has 0 bridgehead atoms. The zero-order valence-electron chi connectivity index (χ0n) is 78.9. The maximum atomic E-state index is 11.8. The summed E-state index contributed by atoms with van der Waals surface area (Å²) < 4.78 is 0. The average Bonchev–Trinajstić information content (AvgIpc) is 1.75. The Morgan fingerprint density at radius 1 is 0.279 bits per heavy atom. The van der Waals surface area contributed by atoms with Gasteiger partial charge in [0, 0.05) is 118 Å². The minimum Gasteiger partial charge on any atom is -0.350 e. The number of allylic oxidation sites excluding steroid dienone is 2. The van der Waals surface area contributed by atoms with Crippen LogP contribution in [0.1, 0.15) is 390 Å². The fourth-order valence-corrected chi connectivity index (χ4v) is 22.0. The van der Waals surface area contributed by atoms with Crippen molar-refractivity contribution in [3.05, 3.63) is 24.4 Å².